The average molecular weight is 188 g/mol. The number of hydrogen-bond acceptors (Lipinski definition) is 4. The fourth-order valence-corrected chi connectivity index (χ4v) is 1.82. The van der Waals surface area contributed by atoms with Crippen LogP contribution in [0.5, 0.6) is 0 Å². The minimum Gasteiger partial charge on any atom is -0.382 e. The van der Waals surface area contributed by atoms with Crippen molar-refractivity contribution in [1.82, 2.24) is 0 Å². The highest BCUT2D eigenvalue weighted by atomic mass is 16.6. The first-order chi connectivity index (χ1) is 6.24. The number of ether oxygens (including phenoxy) is 4. The second-order valence-corrected chi connectivity index (χ2v) is 3.24. The molecule has 0 aromatic heterocycles. The summed E-state index contributed by atoms with van der Waals surface area (Å²) in [6.07, 6.45) is -0.0416. The van der Waals surface area contributed by atoms with Gasteiger partial charge in [-0.05, 0) is 0 Å². The summed E-state index contributed by atoms with van der Waals surface area (Å²) in [5.41, 5.74) is 0. The molecule has 0 aromatic rings. The Balaban J connectivity index is 2.57. The minimum absolute atomic E-state index is 0.00477. The van der Waals surface area contributed by atoms with Crippen molar-refractivity contribution in [3.63, 3.8) is 0 Å². The molecular weight excluding hydrogens is 171 g/mol. The molecule has 5 heteroatoms. The van der Waals surface area contributed by atoms with Crippen molar-refractivity contribution in [2.75, 3.05) is 27.9 Å². The maximum absolute atomic E-state index is 5.63. The van der Waals surface area contributed by atoms with Crippen LogP contribution in [0.1, 0.15) is 0 Å². The second-order valence-electron chi connectivity index (χ2n) is 3.24. The van der Waals surface area contributed by atoms with Gasteiger partial charge in [-0.1, -0.05) is 0 Å². The summed E-state index contributed by atoms with van der Waals surface area (Å²) in [4.78, 5) is 0. The predicted molar refractivity (Wildman–Crippen MR) is 50.7 cm³/mol. The first-order valence-electron chi connectivity index (χ1n) is 4.44. The van der Waals surface area contributed by atoms with E-state index in [0.717, 1.165) is 0 Å². The van der Waals surface area contributed by atoms with Crippen LogP contribution in [-0.2, 0) is 18.9 Å². The van der Waals surface area contributed by atoms with Gasteiger partial charge in [0.15, 0.2) is 0 Å². The van der Waals surface area contributed by atoms with Gasteiger partial charge in [-0.15, -0.1) is 0 Å². The van der Waals surface area contributed by atoms with Gasteiger partial charge in [0.2, 0.25) is 0 Å². The molecule has 0 bridgehead atoms. The molecule has 76 valence electrons. The SMILES string of the molecule is B[C@@H]1OC(COC)[C@@H](OC)[C@H]1OC. The van der Waals surface area contributed by atoms with E-state index in [4.69, 9.17) is 18.9 Å². The van der Waals surface area contributed by atoms with Gasteiger partial charge in [0, 0.05) is 21.3 Å². The molecule has 0 N–H and O–H groups in total. The fourth-order valence-electron chi connectivity index (χ4n) is 1.82. The molecule has 1 rings (SSSR count). The van der Waals surface area contributed by atoms with Crippen molar-refractivity contribution >= 4 is 7.85 Å². The highest BCUT2D eigenvalue weighted by Gasteiger charge is 2.42. The monoisotopic (exact) mass is 188 g/mol. The zero-order chi connectivity index (χ0) is 9.84. The van der Waals surface area contributed by atoms with E-state index in [-0.39, 0.29) is 24.3 Å². The van der Waals surface area contributed by atoms with E-state index in [9.17, 15) is 0 Å². The Morgan fingerprint density at radius 1 is 1.15 bits per heavy atom. The van der Waals surface area contributed by atoms with Crippen LogP contribution in [0.15, 0.2) is 0 Å². The Labute approximate surface area is 79.9 Å². The quantitative estimate of drug-likeness (QED) is 0.531. The molecule has 13 heavy (non-hydrogen) atoms. The Kier molecular flexibility index (Phi) is 4.19. The molecule has 0 amide bonds. The summed E-state index contributed by atoms with van der Waals surface area (Å²) in [6, 6.07) is 0.0649. The first kappa shape index (κ1) is 11.0. The lowest BCUT2D eigenvalue weighted by Gasteiger charge is -2.20. The number of methoxy groups -OCH3 is 3. The van der Waals surface area contributed by atoms with E-state index < -0.39 is 0 Å². The van der Waals surface area contributed by atoms with E-state index in [0.29, 0.717) is 6.61 Å². The van der Waals surface area contributed by atoms with Gasteiger partial charge in [0.1, 0.15) is 26.2 Å². The molecule has 0 saturated carbocycles. The maximum atomic E-state index is 5.63. The molecule has 1 aliphatic rings. The zero-order valence-electron chi connectivity index (χ0n) is 8.65. The Hall–Kier alpha value is -0.0951. The van der Waals surface area contributed by atoms with Gasteiger partial charge < -0.3 is 18.9 Å². The lowest BCUT2D eigenvalue weighted by atomic mass is 9.93. The van der Waals surface area contributed by atoms with Gasteiger partial charge in [-0.25, -0.2) is 0 Å². The van der Waals surface area contributed by atoms with Crippen molar-refractivity contribution < 1.29 is 18.9 Å². The highest BCUT2D eigenvalue weighted by Crippen LogP contribution is 2.24. The van der Waals surface area contributed by atoms with Gasteiger partial charge in [0.25, 0.3) is 0 Å². The minimum atomic E-state index is -0.0278. The molecule has 0 aliphatic carbocycles. The van der Waals surface area contributed by atoms with Crippen molar-refractivity contribution in [3.8, 4) is 0 Å². The van der Waals surface area contributed by atoms with Gasteiger partial charge in [0.05, 0.1) is 12.6 Å². The molecule has 4 nitrogen and oxygen atoms in total. The van der Waals surface area contributed by atoms with E-state index in [1.165, 1.54) is 0 Å². The average Bonchev–Trinajstić information content (AvgIpc) is 2.41. The van der Waals surface area contributed by atoms with Crippen LogP contribution < -0.4 is 0 Å². The lowest BCUT2D eigenvalue weighted by molar-refractivity contribution is -0.0463. The summed E-state index contributed by atoms with van der Waals surface area (Å²) in [5, 5.41) is 0. The molecule has 1 fully saturated rings. The van der Waals surface area contributed by atoms with Crippen molar-refractivity contribution in [1.29, 1.82) is 0 Å². The van der Waals surface area contributed by atoms with E-state index >= 15 is 0 Å². The standard InChI is InChI=1S/C8H17BO4/c1-10-4-5-6(11-2)7(12-3)8(9)13-5/h5-8H,4,9H2,1-3H3/t5?,6-,7-,8-/m1/s1. The molecule has 0 spiro atoms. The normalized spacial score (nSPS) is 39.6. The topological polar surface area (TPSA) is 36.9 Å². The van der Waals surface area contributed by atoms with E-state index in [2.05, 4.69) is 0 Å². The zero-order valence-corrected chi connectivity index (χ0v) is 8.65. The molecule has 1 saturated heterocycles. The number of rotatable bonds is 4. The first-order valence-corrected chi connectivity index (χ1v) is 4.44. The Bertz CT molecular complexity index is 155. The summed E-state index contributed by atoms with van der Waals surface area (Å²) in [7, 11) is 6.98. The van der Waals surface area contributed by atoms with Crippen molar-refractivity contribution in [2.45, 2.75) is 24.3 Å². The second kappa shape index (κ2) is 4.95. The Morgan fingerprint density at radius 3 is 2.23 bits per heavy atom. The summed E-state index contributed by atoms with van der Waals surface area (Å²) in [5.74, 6) is 0. The molecule has 1 aliphatic heterocycles. The predicted octanol–water partition coefficient (Wildman–Crippen LogP) is -0.979. The molecule has 0 radical (unpaired) electrons. The summed E-state index contributed by atoms with van der Waals surface area (Å²) in [6.45, 7) is 0.544. The molecule has 4 atom stereocenters. The summed E-state index contributed by atoms with van der Waals surface area (Å²) >= 11 is 0. The maximum Gasteiger partial charge on any atom is 0.142 e. The van der Waals surface area contributed by atoms with Gasteiger partial charge in [-0.3, -0.25) is 0 Å². The Morgan fingerprint density at radius 2 is 1.77 bits per heavy atom. The van der Waals surface area contributed by atoms with Gasteiger partial charge >= 0.3 is 0 Å². The van der Waals surface area contributed by atoms with Crippen LogP contribution >= 0.6 is 0 Å². The lowest BCUT2D eigenvalue weighted by Crippen LogP contribution is -2.37. The van der Waals surface area contributed by atoms with Crippen LogP contribution in [0, 0.1) is 0 Å². The molecular formula is C8H17BO4. The van der Waals surface area contributed by atoms with E-state index in [1.807, 2.05) is 7.85 Å². The van der Waals surface area contributed by atoms with Crippen LogP contribution in [-0.4, -0.2) is 60.1 Å². The fraction of sp³-hybridized carbons (Fsp3) is 1.00. The molecule has 1 heterocycles. The van der Waals surface area contributed by atoms with Gasteiger partial charge in [-0.2, -0.15) is 0 Å². The third-order valence-corrected chi connectivity index (χ3v) is 2.42. The molecule has 1 unspecified atom stereocenters. The van der Waals surface area contributed by atoms with Crippen LogP contribution in [0.25, 0.3) is 0 Å². The van der Waals surface area contributed by atoms with Crippen LogP contribution in [0.2, 0.25) is 0 Å². The summed E-state index contributed by atoms with van der Waals surface area (Å²) < 4.78 is 21.3. The van der Waals surface area contributed by atoms with Crippen molar-refractivity contribution in [3.05, 3.63) is 0 Å². The smallest absolute Gasteiger partial charge is 0.142 e. The highest BCUT2D eigenvalue weighted by molar-refractivity contribution is 6.11. The van der Waals surface area contributed by atoms with E-state index in [1.54, 1.807) is 21.3 Å². The van der Waals surface area contributed by atoms with Crippen LogP contribution in [0.3, 0.4) is 0 Å². The van der Waals surface area contributed by atoms with Crippen LogP contribution in [0.4, 0.5) is 0 Å². The number of hydrogen-bond donors (Lipinski definition) is 0. The largest absolute Gasteiger partial charge is 0.382 e. The van der Waals surface area contributed by atoms with Crippen molar-refractivity contribution in [2.24, 2.45) is 0 Å². The molecule has 0 aromatic carbocycles. The third kappa shape index (κ3) is 2.23. The third-order valence-electron chi connectivity index (χ3n) is 2.42.